The standard InChI is InChI=1S/C18H20ClN3O3/c1-23-16-9-14-15(10-17(16)24-2)22(18(11-20)21-14)7-8-25-13-5-3-12(19)4-6-13/h3-6,9-10H,7-8,11,20H2,1-2H3. The zero-order chi connectivity index (χ0) is 17.8. The summed E-state index contributed by atoms with van der Waals surface area (Å²) in [6.45, 7) is 1.43. The lowest BCUT2D eigenvalue weighted by molar-refractivity contribution is 0.298. The van der Waals surface area contributed by atoms with Gasteiger partial charge < -0.3 is 24.5 Å². The van der Waals surface area contributed by atoms with Crippen LogP contribution in [-0.2, 0) is 13.1 Å². The number of halogens is 1. The van der Waals surface area contributed by atoms with Gasteiger partial charge in [-0.25, -0.2) is 4.98 Å². The highest BCUT2D eigenvalue weighted by atomic mass is 35.5. The summed E-state index contributed by atoms with van der Waals surface area (Å²) < 4.78 is 18.5. The van der Waals surface area contributed by atoms with Crippen molar-refractivity contribution in [2.75, 3.05) is 20.8 Å². The molecule has 0 spiro atoms. The van der Waals surface area contributed by atoms with Crippen molar-refractivity contribution < 1.29 is 14.2 Å². The van der Waals surface area contributed by atoms with Crippen LogP contribution in [0.1, 0.15) is 5.82 Å². The number of fused-ring (bicyclic) bond motifs is 1. The van der Waals surface area contributed by atoms with Crippen LogP contribution in [0.2, 0.25) is 5.02 Å². The van der Waals surface area contributed by atoms with Gasteiger partial charge in [-0.15, -0.1) is 0 Å². The second kappa shape index (κ2) is 7.63. The van der Waals surface area contributed by atoms with E-state index in [1.165, 1.54) is 0 Å². The van der Waals surface area contributed by atoms with Crippen molar-refractivity contribution in [1.82, 2.24) is 9.55 Å². The third-order valence-electron chi connectivity index (χ3n) is 3.91. The van der Waals surface area contributed by atoms with E-state index in [1.54, 1.807) is 26.4 Å². The molecule has 0 saturated carbocycles. The molecule has 2 N–H and O–H groups in total. The predicted molar refractivity (Wildman–Crippen MR) is 97.7 cm³/mol. The van der Waals surface area contributed by atoms with Crippen LogP contribution in [0.15, 0.2) is 36.4 Å². The molecule has 0 aliphatic heterocycles. The molecule has 6 nitrogen and oxygen atoms in total. The highest BCUT2D eigenvalue weighted by Crippen LogP contribution is 2.32. The summed E-state index contributed by atoms with van der Waals surface area (Å²) in [7, 11) is 3.21. The number of methoxy groups -OCH3 is 2. The summed E-state index contributed by atoms with van der Waals surface area (Å²) in [5, 5.41) is 0.680. The van der Waals surface area contributed by atoms with Gasteiger partial charge in [0.25, 0.3) is 0 Å². The van der Waals surface area contributed by atoms with Gasteiger partial charge in [0, 0.05) is 17.2 Å². The van der Waals surface area contributed by atoms with E-state index in [4.69, 9.17) is 31.5 Å². The topological polar surface area (TPSA) is 71.5 Å². The molecular formula is C18H20ClN3O3. The van der Waals surface area contributed by atoms with Crippen LogP contribution in [0.3, 0.4) is 0 Å². The molecule has 25 heavy (non-hydrogen) atoms. The maximum atomic E-state index is 5.88. The maximum Gasteiger partial charge on any atom is 0.163 e. The van der Waals surface area contributed by atoms with Crippen molar-refractivity contribution >= 4 is 22.6 Å². The highest BCUT2D eigenvalue weighted by molar-refractivity contribution is 6.30. The van der Waals surface area contributed by atoms with Gasteiger partial charge in [-0.1, -0.05) is 11.6 Å². The quantitative estimate of drug-likeness (QED) is 0.699. The fraction of sp³-hybridized carbons (Fsp3) is 0.278. The number of aromatic nitrogens is 2. The van der Waals surface area contributed by atoms with Gasteiger partial charge in [-0.05, 0) is 24.3 Å². The summed E-state index contributed by atoms with van der Waals surface area (Å²) in [5.41, 5.74) is 7.59. The van der Waals surface area contributed by atoms with Crippen molar-refractivity contribution in [3.63, 3.8) is 0 Å². The van der Waals surface area contributed by atoms with Crippen LogP contribution in [0.4, 0.5) is 0 Å². The first kappa shape index (κ1) is 17.4. The van der Waals surface area contributed by atoms with Gasteiger partial charge in [0.2, 0.25) is 0 Å². The summed E-state index contributed by atoms with van der Waals surface area (Å²) in [6, 6.07) is 11.0. The monoisotopic (exact) mass is 361 g/mol. The Balaban J connectivity index is 1.85. The second-order valence-electron chi connectivity index (χ2n) is 5.38. The van der Waals surface area contributed by atoms with Gasteiger partial charge in [-0.2, -0.15) is 0 Å². The minimum Gasteiger partial charge on any atom is -0.493 e. The number of hydrogen-bond acceptors (Lipinski definition) is 5. The molecule has 0 amide bonds. The van der Waals surface area contributed by atoms with Crippen LogP contribution >= 0.6 is 11.6 Å². The lowest BCUT2D eigenvalue weighted by Crippen LogP contribution is -2.13. The molecule has 7 heteroatoms. The molecule has 0 bridgehead atoms. The third-order valence-corrected chi connectivity index (χ3v) is 4.16. The molecule has 2 aromatic carbocycles. The summed E-state index contributed by atoms with van der Waals surface area (Å²) in [6.07, 6.45) is 0. The number of benzene rings is 2. The minimum atomic E-state index is 0.334. The Hall–Kier alpha value is -2.44. The zero-order valence-electron chi connectivity index (χ0n) is 14.2. The van der Waals surface area contributed by atoms with Crippen molar-refractivity contribution in [3.05, 3.63) is 47.2 Å². The van der Waals surface area contributed by atoms with E-state index < -0.39 is 0 Å². The molecule has 0 atom stereocenters. The fourth-order valence-electron chi connectivity index (χ4n) is 2.69. The average molecular weight is 362 g/mol. The number of imidazole rings is 1. The number of ether oxygens (including phenoxy) is 3. The molecule has 1 aromatic heterocycles. The van der Waals surface area contributed by atoms with Crippen molar-refractivity contribution in [2.45, 2.75) is 13.1 Å². The summed E-state index contributed by atoms with van der Waals surface area (Å²) in [5.74, 6) is 2.84. The van der Waals surface area contributed by atoms with E-state index in [-0.39, 0.29) is 0 Å². The minimum absolute atomic E-state index is 0.334. The third kappa shape index (κ3) is 3.65. The van der Waals surface area contributed by atoms with Crippen LogP contribution in [0.25, 0.3) is 11.0 Å². The van der Waals surface area contributed by atoms with Gasteiger partial charge in [0.1, 0.15) is 18.2 Å². The lowest BCUT2D eigenvalue weighted by atomic mass is 10.2. The SMILES string of the molecule is COc1cc2nc(CN)n(CCOc3ccc(Cl)cc3)c2cc1OC. The first-order chi connectivity index (χ1) is 12.2. The Morgan fingerprint density at radius 1 is 1.08 bits per heavy atom. The highest BCUT2D eigenvalue weighted by Gasteiger charge is 2.14. The number of nitrogens with two attached hydrogens (primary N) is 1. The van der Waals surface area contributed by atoms with Crippen molar-refractivity contribution in [3.8, 4) is 17.2 Å². The Labute approximate surface area is 151 Å². The predicted octanol–water partition coefficient (Wildman–Crippen LogP) is 3.24. The van der Waals surface area contributed by atoms with E-state index in [0.717, 1.165) is 22.6 Å². The van der Waals surface area contributed by atoms with Crippen molar-refractivity contribution in [2.24, 2.45) is 5.73 Å². The lowest BCUT2D eigenvalue weighted by Gasteiger charge is -2.11. The van der Waals surface area contributed by atoms with Crippen LogP contribution in [0, 0.1) is 0 Å². The molecule has 0 fully saturated rings. The second-order valence-corrected chi connectivity index (χ2v) is 5.82. The summed E-state index contributed by atoms with van der Waals surface area (Å²) in [4.78, 5) is 4.58. The molecule has 0 radical (unpaired) electrons. The molecule has 0 aliphatic rings. The fourth-order valence-corrected chi connectivity index (χ4v) is 2.82. The van der Waals surface area contributed by atoms with E-state index >= 15 is 0 Å². The first-order valence-corrected chi connectivity index (χ1v) is 8.23. The largest absolute Gasteiger partial charge is 0.493 e. The zero-order valence-corrected chi connectivity index (χ0v) is 14.9. The Morgan fingerprint density at radius 3 is 2.40 bits per heavy atom. The van der Waals surface area contributed by atoms with Gasteiger partial charge >= 0.3 is 0 Å². The van der Waals surface area contributed by atoms with E-state index in [1.807, 2.05) is 28.8 Å². The Bertz CT molecular complexity index is 862. The van der Waals surface area contributed by atoms with Crippen molar-refractivity contribution in [1.29, 1.82) is 0 Å². The average Bonchev–Trinajstić information content (AvgIpc) is 2.98. The van der Waals surface area contributed by atoms with Gasteiger partial charge in [0.15, 0.2) is 11.5 Å². The van der Waals surface area contributed by atoms with Gasteiger partial charge in [-0.3, -0.25) is 0 Å². The molecule has 3 rings (SSSR count). The molecule has 3 aromatic rings. The van der Waals surface area contributed by atoms with Gasteiger partial charge in [0.05, 0.1) is 38.3 Å². The van der Waals surface area contributed by atoms with Crippen LogP contribution < -0.4 is 19.9 Å². The molecule has 0 aliphatic carbocycles. The van der Waals surface area contributed by atoms with Crippen LogP contribution in [-0.4, -0.2) is 30.4 Å². The summed E-state index contributed by atoms with van der Waals surface area (Å²) >= 11 is 5.88. The molecular weight excluding hydrogens is 342 g/mol. The Kier molecular flexibility index (Phi) is 5.31. The smallest absolute Gasteiger partial charge is 0.163 e. The normalized spacial score (nSPS) is 10.9. The molecule has 0 saturated heterocycles. The molecule has 0 unspecified atom stereocenters. The number of nitrogens with zero attached hydrogens (tertiary/aromatic N) is 2. The van der Waals surface area contributed by atoms with Crippen LogP contribution in [0.5, 0.6) is 17.2 Å². The molecule has 132 valence electrons. The Morgan fingerprint density at radius 2 is 1.76 bits per heavy atom. The molecule has 1 heterocycles. The van der Waals surface area contributed by atoms with E-state index in [9.17, 15) is 0 Å². The van der Waals surface area contributed by atoms with E-state index in [0.29, 0.717) is 36.2 Å². The first-order valence-electron chi connectivity index (χ1n) is 7.86. The number of rotatable bonds is 7. The maximum absolute atomic E-state index is 5.88. The van der Waals surface area contributed by atoms with E-state index in [2.05, 4.69) is 4.98 Å². The number of hydrogen-bond donors (Lipinski definition) is 1.